The lowest BCUT2D eigenvalue weighted by Crippen LogP contribution is -2.06. The Labute approximate surface area is 123 Å². The van der Waals surface area contributed by atoms with Crippen molar-refractivity contribution in [2.24, 2.45) is 5.92 Å². The minimum absolute atomic E-state index is 0.788. The zero-order chi connectivity index (χ0) is 14.4. The van der Waals surface area contributed by atoms with Crippen LogP contribution in [-0.4, -0.2) is 0 Å². The Morgan fingerprint density at radius 3 is 1.90 bits per heavy atom. The summed E-state index contributed by atoms with van der Waals surface area (Å²) in [7, 11) is 0. The van der Waals surface area contributed by atoms with Gasteiger partial charge in [0.15, 0.2) is 0 Å². The molecule has 0 aliphatic carbocycles. The zero-order valence-electron chi connectivity index (χ0n) is 13.0. The van der Waals surface area contributed by atoms with Crippen LogP contribution in [0, 0.1) is 19.8 Å². The highest BCUT2D eigenvalue weighted by Crippen LogP contribution is 2.21. The van der Waals surface area contributed by atoms with Crippen LogP contribution >= 0.6 is 0 Å². The molecule has 106 valence electrons. The van der Waals surface area contributed by atoms with E-state index in [9.17, 15) is 0 Å². The van der Waals surface area contributed by atoms with E-state index in [1.165, 1.54) is 47.9 Å². The Morgan fingerprint density at radius 1 is 0.800 bits per heavy atom. The third-order valence-corrected chi connectivity index (χ3v) is 4.43. The highest BCUT2D eigenvalue weighted by atomic mass is 14.1. The highest BCUT2D eigenvalue weighted by molar-refractivity contribution is 5.27. The molecule has 0 aliphatic heterocycles. The lowest BCUT2D eigenvalue weighted by atomic mass is 9.89. The van der Waals surface area contributed by atoms with Gasteiger partial charge in [-0.25, -0.2) is 0 Å². The van der Waals surface area contributed by atoms with Gasteiger partial charge in [-0.15, -0.1) is 0 Å². The van der Waals surface area contributed by atoms with Gasteiger partial charge in [-0.1, -0.05) is 61.9 Å². The van der Waals surface area contributed by atoms with E-state index in [4.69, 9.17) is 0 Å². The first kappa shape index (κ1) is 14.8. The number of aryl methyl sites for hydroxylation is 3. The maximum Gasteiger partial charge on any atom is -0.0248 e. The molecule has 0 saturated heterocycles. The number of benzene rings is 2. The van der Waals surface area contributed by atoms with Gasteiger partial charge in [0.05, 0.1) is 0 Å². The first-order valence-corrected chi connectivity index (χ1v) is 7.79. The molecule has 0 saturated carbocycles. The Bertz CT molecular complexity index is 539. The molecular formula is C20H26. The van der Waals surface area contributed by atoms with Gasteiger partial charge in [0.25, 0.3) is 0 Å². The zero-order valence-corrected chi connectivity index (χ0v) is 13.0. The van der Waals surface area contributed by atoms with Crippen molar-refractivity contribution in [1.29, 1.82) is 0 Å². The third-order valence-electron chi connectivity index (χ3n) is 4.43. The molecule has 0 heterocycles. The first-order chi connectivity index (χ1) is 9.70. The molecule has 0 N–H and O–H groups in total. The average molecular weight is 266 g/mol. The van der Waals surface area contributed by atoms with Crippen molar-refractivity contribution in [2.75, 3.05) is 0 Å². The van der Waals surface area contributed by atoms with Gasteiger partial charge in [-0.3, -0.25) is 0 Å². The van der Waals surface area contributed by atoms with Crippen LogP contribution in [0.15, 0.2) is 48.5 Å². The van der Waals surface area contributed by atoms with E-state index < -0.39 is 0 Å². The quantitative estimate of drug-likeness (QED) is 0.647. The van der Waals surface area contributed by atoms with E-state index in [1.54, 1.807) is 0 Å². The fraction of sp³-hybridized carbons (Fsp3) is 0.400. The monoisotopic (exact) mass is 266 g/mol. The van der Waals surface area contributed by atoms with Gasteiger partial charge < -0.3 is 0 Å². The second kappa shape index (κ2) is 7.28. The second-order valence-corrected chi connectivity index (χ2v) is 5.87. The van der Waals surface area contributed by atoms with Crippen LogP contribution in [0.4, 0.5) is 0 Å². The van der Waals surface area contributed by atoms with Gasteiger partial charge in [0.1, 0.15) is 0 Å². The van der Waals surface area contributed by atoms with Gasteiger partial charge >= 0.3 is 0 Å². The molecule has 0 radical (unpaired) electrons. The summed E-state index contributed by atoms with van der Waals surface area (Å²) in [4.78, 5) is 0. The highest BCUT2D eigenvalue weighted by Gasteiger charge is 2.10. The van der Waals surface area contributed by atoms with Gasteiger partial charge in [-0.2, -0.15) is 0 Å². The molecule has 0 spiro atoms. The summed E-state index contributed by atoms with van der Waals surface area (Å²) in [6, 6.07) is 17.6. The summed E-state index contributed by atoms with van der Waals surface area (Å²) in [5.74, 6) is 0.788. The molecule has 1 atom stereocenters. The van der Waals surface area contributed by atoms with Crippen LogP contribution in [0.1, 0.15) is 42.0 Å². The van der Waals surface area contributed by atoms with Crippen molar-refractivity contribution in [1.82, 2.24) is 0 Å². The lowest BCUT2D eigenvalue weighted by Gasteiger charge is -2.17. The van der Waals surface area contributed by atoms with E-state index >= 15 is 0 Å². The maximum absolute atomic E-state index is 2.32. The van der Waals surface area contributed by atoms with E-state index in [1.807, 2.05) is 0 Å². The summed E-state index contributed by atoms with van der Waals surface area (Å²) in [5, 5.41) is 0. The molecule has 2 rings (SSSR count). The third kappa shape index (κ3) is 3.96. The average Bonchev–Trinajstić information content (AvgIpc) is 2.47. The lowest BCUT2D eigenvalue weighted by molar-refractivity contribution is 0.467. The molecule has 0 bridgehead atoms. The van der Waals surface area contributed by atoms with Crippen LogP contribution < -0.4 is 0 Å². The molecule has 0 heteroatoms. The van der Waals surface area contributed by atoms with Crippen molar-refractivity contribution >= 4 is 0 Å². The minimum atomic E-state index is 0.788. The summed E-state index contributed by atoms with van der Waals surface area (Å²) < 4.78 is 0. The number of hydrogen-bond acceptors (Lipinski definition) is 0. The van der Waals surface area contributed by atoms with Gasteiger partial charge in [-0.05, 0) is 61.3 Å². The normalized spacial score (nSPS) is 12.3. The predicted octanol–water partition coefficient (Wildman–Crippen LogP) is 5.50. The van der Waals surface area contributed by atoms with E-state index in [0.717, 1.165) is 5.92 Å². The van der Waals surface area contributed by atoms with Crippen molar-refractivity contribution in [2.45, 2.75) is 46.5 Å². The molecule has 2 aromatic carbocycles. The Morgan fingerprint density at radius 2 is 1.35 bits per heavy atom. The van der Waals surface area contributed by atoms with Crippen molar-refractivity contribution < 1.29 is 0 Å². The van der Waals surface area contributed by atoms with Crippen molar-refractivity contribution in [3.63, 3.8) is 0 Å². The van der Waals surface area contributed by atoms with Crippen molar-refractivity contribution in [3.05, 3.63) is 70.8 Å². The predicted molar refractivity (Wildman–Crippen MR) is 88.2 cm³/mol. The van der Waals surface area contributed by atoms with Crippen LogP contribution in [0.3, 0.4) is 0 Å². The Balaban J connectivity index is 1.96. The van der Waals surface area contributed by atoms with E-state index in [2.05, 4.69) is 69.3 Å². The summed E-state index contributed by atoms with van der Waals surface area (Å²) in [6.07, 6.45) is 4.97. The van der Waals surface area contributed by atoms with Crippen LogP contribution in [0.2, 0.25) is 0 Å². The molecule has 0 amide bonds. The largest absolute Gasteiger partial charge is 0.0651 e. The Kier molecular flexibility index (Phi) is 5.40. The minimum Gasteiger partial charge on any atom is -0.0651 e. The summed E-state index contributed by atoms with van der Waals surface area (Å²) >= 11 is 0. The SMILES string of the molecule is CCC(CCc1ccccc1C)Cc1ccccc1C. The maximum atomic E-state index is 2.32. The topological polar surface area (TPSA) is 0 Å². The van der Waals surface area contributed by atoms with Crippen LogP contribution in [0.25, 0.3) is 0 Å². The van der Waals surface area contributed by atoms with E-state index in [0.29, 0.717) is 0 Å². The molecule has 0 aromatic heterocycles. The van der Waals surface area contributed by atoms with Crippen LogP contribution in [0.5, 0.6) is 0 Å². The molecule has 1 unspecified atom stereocenters. The van der Waals surface area contributed by atoms with Gasteiger partial charge in [0.2, 0.25) is 0 Å². The summed E-state index contributed by atoms with van der Waals surface area (Å²) in [6.45, 7) is 6.77. The first-order valence-electron chi connectivity index (χ1n) is 7.79. The van der Waals surface area contributed by atoms with Gasteiger partial charge in [0, 0.05) is 0 Å². The summed E-state index contributed by atoms with van der Waals surface area (Å²) in [5.41, 5.74) is 5.89. The van der Waals surface area contributed by atoms with Crippen LogP contribution in [-0.2, 0) is 12.8 Å². The van der Waals surface area contributed by atoms with E-state index in [-0.39, 0.29) is 0 Å². The van der Waals surface area contributed by atoms with Crippen molar-refractivity contribution in [3.8, 4) is 0 Å². The fourth-order valence-corrected chi connectivity index (χ4v) is 2.85. The standard InChI is InChI=1S/C20H26/c1-4-18(15-20-12-8-6-10-17(20)3)13-14-19-11-7-5-9-16(19)2/h5-12,18H,4,13-15H2,1-3H3. The molecule has 20 heavy (non-hydrogen) atoms. The molecule has 2 aromatic rings. The molecule has 0 aliphatic rings. The molecule has 0 nitrogen and oxygen atoms in total. The molecule has 0 fully saturated rings. The molecular weight excluding hydrogens is 240 g/mol. The fourth-order valence-electron chi connectivity index (χ4n) is 2.85. The number of rotatable bonds is 6. The smallest absolute Gasteiger partial charge is 0.0248 e. The number of hydrogen-bond donors (Lipinski definition) is 0. The Hall–Kier alpha value is -1.56. The second-order valence-electron chi connectivity index (χ2n) is 5.87.